The van der Waals surface area contributed by atoms with Crippen molar-refractivity contribution in [2.45, 2.75) is 20.3 Å². The first-order valence-electron chi connectivity index (χ1n) is 7.83. The van der Waals surface area contributed by atoms with Gasteiger partial charge in [0.1, 0.15) is 5.82 Å². The summed E-state index contributed by atoms with van der Waals surface area (Å²) in [4.78, 5) is 23.8. The summed E-state index contributed by atoms with van der Waals surface area (Å²) in [6.07, 6.45) is 0.309. The molecule has 0 aliphatic carbocycles. The molecule has 4 nitrogen and oxygen atoms in total. The van der Waals surface area contributed by atoms with Crippen LogP contribution in [0.15, 0.2) is 42.5 Å². The molecule has 5 heteroatoms. The summed E-state index contributed by atoms with van der Waals surface area (Å²) >= 11 is 0. The van der Waals surface area contributed by atoms with Crippen LogP contribution >= 0.6 is 0 Å². The fraction of sp³-hybridized carbons (Fsp3) is 0.263. The van der Waals surface area contributed by atoms with Crippen LogP contribution in [0.5, 0.6) is 0 Å². The highest BCUT2D eigenvalue weighted by Gasteiger charge is 2.08. The SMILES string of the molecule is Cc1ccc(C(=O)NCCNC(=O)Cc2ccccc2C)cc1F. The van der Waals surface area contributed by atoms with Crippen molar-refractivity contribution in [3.05, 3.63) is 70.5 Å². The van der Waals surface area contributed by atoms with E-state index in [0.717, 1.165) is 11.1 Å². The van der Waals surface area contributed by atoms with Gasteiger partial charge in [0.05, 0.1) is 6.42 Å². The molecule has 0 fully saturated rings. The number of nitrogens with one attached hydrogen (secondary N) is 2. The largest absolute Gasteiger partial charge is 0.354 e. The minimum absolute atomic E-state index is 0.0973. The molecule has 2 N–H and O–H groups in total. The lowest BCUT2D eigenvalue weighted by molar-refractivity contribution is -0.120. The van der Waals surface area contributed by atoms with Gasteiger partial charge in [-0.3, -0.25) is 9.59 Å². The molecule has 2 rings (SSSR count). The molecule has 0 aliphatic rings. The van der Waals surface area contributed by atoms with E-state index < -0.39 is 5.82 Å². The maximum atomic E-state index is 13.4. The number of halogens is 1. The first kappa shape index (κ1) is 17.7. The smallest absolute Gasteiger partial charge is 0.251 e. The molecule has 0 radical (unpaired) electrons. The summed E-state index contributed by atoms with van der Waals surface area (Å²) in [6, 6.07) is 12.1. The van der Waals surface area contributed by atoms with Gasteiger partial charge in [-0.05, 0) is 42.7 Å². The Labute approximate surface area is 141 Å². The van der Waals surface area contributed by atoms with E-state index in [9.17, 15) is 14.0 Å². The fourth-order valence-electron chi connectivity index (χ4n) is 2.26. The highest BCUT2D eigenvalue weighted by Crippen LogP contribution is 2.09. The molecular weight excluding hydrogens is 307 g/mol. The molecular formula is C19H21FN2O2. The van der Waals surface area contributed by atoms with Crippen molar-refractivity contribution in [1.29, 1.82) is 0 Å². The summed E-state index contributed by atoms with van der Waals surface area (Å²) in [5.74, 6) is -0.865. The van der Waals surface area contributed by atoms with Crippen molar-refractivity contribution >= 4 is 11.8 Å². The van der Waals surface area contributed by atoms with Gasteiger partial charge in [-0.1, -0.05) is 30.3 Å². The Morgan fingerprint density at radius 2 is 1.67 bits per heavy atom. The van der Waals surface area contributed by atoms with Gasteiger partial charge in [0.15, 0.2) is 0 Å². The Morgan fingerprint density at radius 1 is 0.958 bits per heavy atom. The molecule has 24 heavy (non-hydrogen) atoms. The van der Waals surface area contributed by atoms with Gasteiger partial charge in [0, 0.05) is 18.7 Å². The van der Waals surface area contributed by atoms with E-state index in [1.807, 2.05) is 31.2 Å². The van der Waals surface area contributed by atoms with E-state index in [2.05, 4.69) is 10.6 Å². The van der Waals surface area contributed by atoms with E-state index in [4.69, 9.17) is 0 Å². The van der Waals surface area contributed by atoms with Crippen molar-refractivity contribution in [2.75, 3.05) is 13.1 Å². The molecule has 0 spiro atoms. The summed E-state index contributed by atoms with van der Waals surface area (Å²) in [5.41, 5.74) is 2.82. The Balaban J connectivity index is 1.74. The van der Waals surface area contributed by atoms with Crippen LogP contribution in [0.25, 0.3) is 0 Å². The highest BCUT2D eigenvalue weighted by molar-refractivity contribution is 5.94. The van der Waals surface area contributed by atoms with E-state index in [-0.39, 0.29) is 23.9 Å². The second kappa shape index (κ2) is 8.24. The molecule has 0 heterocycles. The van der Waals surface area contributed by atoms with Crippen molar-refractivity contribution < 1.29 is 14.0 Å². The summed E-state index contributed by atoms with van der Waals surface area (Å²) < 4.78 is 13.4. The van der Waals surface area contributed by atoms with Crippen LogP contribution in [0.1, 0.15) is 27.0 Å². The molecule has 0 bridgehead atoms. The third-order valence-electron chi connectivity index (χ3n) is 3.78. The summed E-state index contributed by atoms with van der Waals surface area (Å²) in [5, 5.41) is 5.41. The van der Waals surface area contributed by atoms with Crippen LogP contribution in [0, 0.1) is 19.7 Å². The van der Waals surface area contributed by atoms with Gasteiger partial charge < -0.3 is 10.6 Å². The van der Waals surface area contributed by atoms with Crippen molar-refractivity contribution in [2.24, 2.45) is 0 Å². The number of hydrogen-bond acceptors (Lipinski definition) is 2. The average Bonchev–Trinajstić information content (AvgIpc) is 2.56. The molecule has 126 valence electrons. The number of rotatable bonds is 6. The number of amides is 2. The second-order valence-electron chi connectivity index (χ2n) is 5.67. The van der Waals surface area contributed by atoms with Crippen LogP contribution < -0.4 is 10.6 Å². The van der Waals surface area contributed by atoms with Gasteiger partial charge in [-0.25, -0.2) is 4.39 Å². The lowest BCUT2D eigenvalue weighted by Crippen LogP contribution is -2.35. The normalized spacial score (nSPS) is 10.3. The summed E-state index contributed by atoms with van der Waals surface area (Å²) in [6.45, 7) is 4.21. The Bertz CT molecular complexity index is 744. The molecule has 2 aromatic rings. The maximum Gasteiger partial charge on any atom is 0.251 e. The van der Waals surface area contributed by atoms with Crippen molar-refractivity contribution in [1.82, 2.24) is 10.6 Å². The minimum atomic E-state index is -0.408. The Hall–Kier alpha value is -2.69. The number of carbonyl (C=O) groups excluding carboxylic acids is 2. The molecule has 0 saturated heterocycles. The highest BCUT2D eigenvalue weighted by atomic mass is 19.1. The minimum Gasteiger partial charge on any atom is -0.354 e. The first-order valence-corrected chi connectivity index (χ1v) is 7.83. The van der Waals surface area contributed by atoms with Gasteiger partial charge >= 0.3 is 0 Å². The van der Waals surface area contributed by atoms with E-state index >= 15 is 0 Å². The van der Waals surface area contributed by atoms with Crippen LogP contribution in [-0.2, 0) is 11.2 Å². The molecule has 0 unspecified atom stereocenters. The van der Waals surface area contributed by atoms with Gasteiger partial charge in [-0.2, -0.15) is 0 Å². The summed E-state index contributed by atoms with van der Waals surface area (Å²) in [7, 11) is 0. The third-order valence-corrected chi connectivity index (χ3v) is 3.78. The van der Waals surface area contributed by atoms with Gasteiger partial charge in [0.2, 0.25) is 5.91 Å². The standard InChI is InChI=1S/C19H21FN2O2/c1-13-5-3-4-6-15(13)12-18(23)21-9-10-22-19(24)16-8-7-14(2)17(20)11-16/h3-8,11H,9-10,12H2,1-2H3,(H,21,23)(H,22,24). The first-order chi connectivity index (χ1) is 11.5. The van der Waals surface area contributed by atoms with Crippen LogP contribution in [-0.4, -0.2) is 24.9 Å². The van der Waals surface area contributed by atoms with E-state index in [0.29, 0.717) is 18.5 Å². The Morgan fingerprint density at radius 3 is 2.38 bits per heavy atom. The topological polar surface area (TPSA) is 58.2 Å². The lowest BCUT2D eigenvalue weighted by atomic mass is 10.1. The lowest BCUT2D eigenvalue weighted by Gasteiger charge is -2.09. The molecule has 0 aliphatic heterocycles. The zero-order chi connectivity index (χ0) is 17.5. The van der Waals surface area contributed by atoms with Crippen molar-refractivity contribution in [3.63, 3.8) is 0 Å². The van der Waals surface area contributed by atoms with Crippen LogP contribution in [0.2, 0.25) is 0 Å². The maximum absolute atomic E-state index is 13.4. The predicted octanol–water partition coefficient (Wildman–Crippen LogP) is 2.53. The number of benzene rings is 2. The molecule has 2 amide bonds. The number of hydrogen-bond donors (Lipinski definition) is 2. The van der Waals surface area contributed by atoms with Gasteiger partial charge in [-0.15, -0.1) is 0 Å². The molecule has 0 saturated carbocycles. The average molecular weight is 328 g/mol. The van der Waals surface area contributed by atoms with Crippen molar-refractivity contribution in [3.8, 4) is 0 Å². The van der Waals surface area contributed by atoms with Crippen LogP contribution in [0.4, 0.5) is 4.39 Å². The van der Waals surface area contributed by atoms with Crippen LogP contribution in [0.3, 0.4) is 0 Å². The number of aryl methyl sites for hydroxylation is 2. The molecule has 2 aromatic carbocycles. The zero-order valence-corrected chi connectivity index (χ0v) is 13.9. The zero-order valence-electron chi connectivity index (χ0n) is 13.9. The molecule has 0 atom stereocenters. The number of carbonyl (C=O) groups is 2. The van der Waals surface area contributed by atoms with E-state index in [1.54, 1.807) is 19.1 Å². The second-order valence-corrected chi connectivity index (χ2v) is 5.67. The molecule has 0 aromatic heterocycles. The van der Waals surface area contributed by atoms with E-state index in [1.165, 1.54) is 6.07 Å². The Kier molecular flexibility index (Phi) is 6.07. The predicted molar refractivity (Wildman–Crippen MR) is 91.4 cm³/mol. The fourth-order valence-corrected chi connectivity index (χ4v) is 2.26. The monoisotopic (exact) mass is 328 g/mol. The quantitative estimate of drug-likeness (QED) is 0.801. The third kappa shape index (κ3) is 4.91. The van der Waals surface area contributed by atoms with Gasteiger partial charge in [0.25, 0.3) is 5.91 Å².